The van der Waals surface area contributed by atoms with Crippen molar-refractivity contribution in [3.8, 4) is 0 Å². The van der Waals surface area contributed by atoms with E-state index >= 15 is 0 Å². The Kier molecular flexibility index (Phi) is 3.15. The Hall–Kier alpha value is -0.780. The van der Waals surface area contributed by atoms with Crippen LogP contribution in [0.15, 0.2) is 24.3 Å². The summed E-state index contributed by atoms with van der Waals surface area (Å²) in [4.78, 5) is 0. The summed E-state index contributed by atoms with van der Waals surface area (Å²) in [6.45, 7) is 4.19. The van der Waals surface area contributed by atoms with E-state index in [1.54, 1.807) is 0 Å². The van der Waals surface area contributed by atoms with Crippen LogP contribution in [0.3, 0.4) is 0 Å². The first-order valence-corrected chi connectivity index (χ1v) is 4.32. The summed E-state index contributed by atoms with van der Waals surface area (Å²) in [6.07, 6.45) is 4.50. The van der Waals surface area contributed by atoms with Gasteiger partial charge >= 0.3 is 0 Å². The maximum atomic E-state index is 2.12. The fourth-order valence-electron chi connectivity index (χ4n) is 0.637. The minimum absolute atomic E-state index is 1.33. The molecule has 0 nitrogen and oxygen atoms in total. The van der Waals surface area contributed by atoms with Gasteiger partial charge in [0.15, 0.2) is 0 Å². The highest BCUT2D eigenvalue weighted by Gasteiger charge is 1.95. The average Bonchev–Trinajstić information content (AvgIpc) is 2.80. The van der Waals surface area contributed by atoms with Crippen molar-refractivity contribution in [3.63, 3.8) is 0 Å². The van der Waals surface area contributed by atoms with E-state index < -0.39 is 0 Å². The molecule has 11 heavy (non-hydrogen) atoms. The van der Waals surface area contributed by atoms with Gasteiger partial charge in [-0.25, -0.2) is 0 Å². The zero-order valence-electron chi connectivity index (χ0n) is 7.43. The summed E-state index contributed by atoms with van der Waals surface area (Å²) < 4.78 is 0. The van der Waals surface area contributed by atoms with Crippen molar-refractivity contribution < 1.29 is 0 Å². The highest BCUT2D eigenvalue weighted by Crippen LogP contribution is 2.14. The third-order valence-corrected chi connectivity index (χ3v) is 1.57. The van der Waals surface area contributed by atoms with Gasteiger partial charge in [-0.2, -0.15) is 0 Å². The van der Waals surface area contributed by atoms with Gasteiger partial charge in [-0.15, -0.1) is 0 Å². The molecular formula is C11H16. The molecule has 0 heteroatoms. The van der Waals surface area contributed by atoms with Crippen LogP contribution in [-0.4, -0.2) is 0 Å². The van der Waals surface area contributed by atoms with E-state index in [1.807, 2.05) is 0 Å². The first kappa shape index (κ1) is 8.32. The molecule has 0 unspecified atom stereocenters. The molecule has 1 fully saturated rings. The van der Waals surface area contributed by atoms with Gasteiger partial charge in [-0.1, -0.05) is 54.7 Å². The van der Waals surface area contributed by atoms with E-state index in [0.717, 1.165) is 0 Å². The second-order valence-corrected chi connectivity index (χ2v) is 3.22. The third kappa shape index (κ3) is 4.60. The molecule has 1 aromatic rings. The fraction of sp³-hybridized carbons (Fsp3) is 0.455. The fourth-order valence-corrected chi connectivity index (χ4v) is 0.637. The van der Waals surface area contributed by atoms with Crippen molar-refractivity contribution >= 4 is 0 Å². The molecule has 1 aromatic carbocycles. The van der Waals surface area contributed by atoms with Crippen LogP contribution in [-0.2, 0) is 0 Å². The van der Waals surface area contributed by atoms with E-state index in [4.69, 9.17) is 0 Å². The van der Waals surface area contributed by atoms with Crippen molar-refractivity contribution in [2.75, 3.05) is 0 Å². The minimum atomic E-state index is 1.33. The lowest BCUT2D eigenvalue weighted by molar-refractivity contribution is 1.40. The summed E-state index contributed by atoms with van der Waals surface area (Å²) in [6, 6.07) is 8.48. The average molecular weight is 148 g/mol. The van der Waals surface area contributed by atoms with Crippen LogP contribution in [0.1, 0.15) is 30.4 Å². The van der Waals surface area contributed by atoms with Crippen LogP contribution in [0, 0.1) is 13.8 Å². The Bertz CT molecular complexity index is 170. The Labute approximate surface area is 69.3 Å². The molecule has 1 saturated carbocycles. The lowest BCUT2D eigenvalue weighted by atomic mass is 10.2. The van der Waals surface area contributed by atoms with Crippen molar-refractivity contribution in [2.24, 2.45) is 0 Å². The second kappa shape index (κ2) is 4.17. The van der Waals surface area contributed by atoms with Crippen LogP contribution in [0.5, 0.6) is 0 Å². The molecule has 0 radical (unpaired) electrons. The molecule has 0 amide bonds. The van der Waals surface area contributed by atoms with Gasteiger partial charge in [0, 0.05) is 0 Å². The van der Waals surface area contributed by atoms with Crippen molar-refractivity contribution in [1.82, 2.24) is 0 Å². The lowest BCUT2D eigenvalue weighted by Crippen LogP contribution is -1.70. The number of hydrogen-bond acceptors (Lipinski definition) is 0. The van der Waals surface area contributed by atoms with Gasteiger partial charge in [-0.05, 0) is 13.8 Å². The van der Waals surface area contributed by atoms with Gasteiger partial charge < -0.3 is 0 Å². The van der Waals surface area contributed by atoms with Crippen LogP contribution >= 0.6 is 0 Å². The third-order valence-electron chi connectivity index (χ3n) is 1.57. The Morgan fingerprint density at radius 1 is 0.727 bits per heavy atom. The first-order valence-electron chi connectivity index (χ1n) is 4.32. The van der Waals surface area contributed by atoms with E-state index in [1.165, 1.54) is 30.4 Å². The molecule has 1 aliphatic rings. The first-order chi connectivity index (χ1) is 5.29. The highest BCUT2D eigenvalue weighted by atomic mass is 14.0. The molecule has 0 N–H and O–H groups in total. The van der Waals surface area contributed by atoms with E-state index in [9.17, 15) is 0 Å². The Balaban J connectivity index is 0.000000167. The number of hydrogen-bond donors (Lipinski definition) is 0. The summed E-state index contributed by atoms with van der Waals surface area (Å²) in [5.74, 6) is 0. The normalized spacial score (nSPS) is 13.3. The maximum absolute atomic E-state index is 2.12. The number of benzene rings is 1. The topological polar surface area (TPSA) is 0 Å². The summed E-state index contributed by atoms with van der Waals surface area (Å²) >= 11 is 0. The zero-order chi connectivity index (χ0) is 8.10. The van der Waals surface area contributed by atoms with E-state index in [-0.39, 0.29) is 0 Å². The van der Waals surface area contributed by atoms with Gasteiger partial charge in [0.2, 0.25) is 0 Å². The molecular weight excluding hydrogens is 132 g/mol. The number of aryl methyl sites for hydroxylation is 2. The van der Waals surface area contributed by atoms with Gasteiger partial charge in [-0.3, -0.25) is 0 Å². The smallest absolute Gasteiger partial charge is 0.0398 e. The lowest BCUT2D eigenvalue weighted by Gasteiger charge is -1.90. The van der Waals surface area contributed by atoms with Gasteiger partial charge in [0.05, 0.1) is 0 Å². The maximum Gasteiger partial charge on any atom is -0.0398 e. The molecule has 0 atom stereocenters. The van der Waals surface area contributed by atoms with Gasteiger partial charge in [0.25, 0.3) is 0 Å². The summed E-state index contributed by atoms with van der Waals surface area (Å²) in [5, 5.41) is 0. The molecule has 0 heterocycles. The predicted octanol–water partition coefficient (Wildman–Crippen LogP) is 3.47. The highest BCUT2D eigenvalue weighted by molar-refractivity contribution is 5.19. The van der Waals surface area contributed by atoms with Gasteiger partial charge in [0.1, 0.15) is 0 Å². The standard InChI is InChI=1S/C8H10.C3H6/c1-7-3-5-8(2)6-4-7;1-2-3-1/h3-6H,1-2H3;1-3H2. The van der Waals surface area contributed by atoms with Crippen LogP contribution < -0.4 is 0 Å². The minimum Gasteiger partial charge on any atom is -0.0591 e. The van der Waals surface area contributed by atoms with Crippen molar-refractivity contribution in [1.29, 1.82) is 0 Å². The van der Waals surface area contributed by atoms with E-state index in [2.05, 4.69) is 38.1 Å². The molecule has 2 rings (SSSR count). The summed E-state index contributed by atoms with van der Waals surface area (Å²) in [5.41, 5.74) is 2.66. The van der Waals surface area contributed by atoms with Crippen LogP contribution in [0.2, 0.25) is 0 Å². The molecule has 1 aliphatic carbocycles. The molecule has 60 valence electrons. The zero-order valence-corrected chi connectivity index (χ0v) is 7.43. The van der Waals surface area contributed by atoms with Crippen molar-refractivity contribution in [2.45, 2.75) is 33.1 Å². The Morgan fingerprint density at radius 2 is 1.00 bits per heavy atom. The molecule has 0 aromatic heterocycles. The molecule has 0 bridgehead atoms. The van der Waals surface area contributed by atoms with Crippen LogP contribution in [0.4, 0.5) is 0 Å². The quantitative estimate of drug-likeness (QED) is 0.528. The Morgan fingerprint density at radius 3 is 1.18 bits per heavy atom. The predicted molar refractivity (Wildman–Crippen MR) is 49.8 cm³/mol. The number of rotatable bonds is 0. The SMILES string of the molecule is C1CC1.Cc1ccc(C)cc1. The van der Waals surface area contributed by atoms with E-state index in [0.29, 0.717) is 0 Å². The molecule has 0 spiro atoms. The summed E-state index contributed by atoms with van der Waals surface area (Å²) in [7, 11) is 0. The van der Waals surface area contributed by atoms with Crippen LogP contribution in [0.25, 0.3) is 0 Å². The second-order valence-electron chi connectivity index (χ2n) is 3.22. The molecule has 0 aliphatic heterocycles. The molecule has 0 saturated heterocycles. The monoisotopic (exact) mass is 148 g/mol. The largest absolute Gasteiger partial charge is 0.0591 e. The van der Waals surface area contributed by atoms with Crippen molar-refractivity contribution in [3.05, 3.63) is 35.4 Å².